The summed E-state index contributed by atoms with van der Waals surface area (Å²) < 4.78 is 5.38. The normalized spacial score (nSPS) is 18.0. The third-order valence-corrected chi connectivity index (χ3v) is 6.55. The van der Waals surface area contributed by atoms with Crippen LogP contribution in [0.15, 0.2) is 54.6 Å². The van der Waals surface area contributed by atoms with E-state index in [1.807, 2.05) is 6.07 Å². The molecule has 3 amide bonds. The van der Waals surface area contributed by atoms with Crippen molar-refractivity contribution in [3.63, 3.8) is 0 Å². The molecular formula is C25H28ClN3O4. The third kappa shape index (κ3) is 5.72. The number of likely N-dealkylation sites (tertiary alicyclic amines) is 1. The number of hydrogen-bond donors (Lipinski definition) is 1. The minimum absolute atomic E-state index is 0.0468. The zero-order valence-electron chi connectivity index (χ0n) is 18.4. The van der Waals surface area contributed by atoms with Gasteiger partial charge in [-0.3, -0.25) is 14.4 Å². The lowest BCUT2D eigenvalue weighted by Crippen LogP contribution is -2.56. The van der Waals surface area contributed by atoms with Gasteiger partial charge in [-0.2, -0.15) is 0 Å². The van der Waals surface area contributed by atoms with E-state index in [1.165, 1.54) is 0 Å². The fourth-order valence-electron chi connectivity index (χ4n) is 4.39. The number of piperidine rings is 1. The topological polar surface area (TPSA) is 79.0 Å². The average Bonchev–Trinajstić information content (AvgIpc) is 2.88. The van der Waals surface area contributed by atoms with Gasteiger partial charge in [0, 0.05) is 42.3 Å². The summed E-state index contributed by atoms with van der Waals surface area (Å²) in [4.78, 5) is 42.7. The fourth-order valence-corrected chi connectivity index (χ4v) is 4.51. The van der Waals surface area contributed by atoms with Crippen molar-refractivity contribution in [2.24, 2.45) is 5.92 Å². The number of nitrogens with one attached hydrogen (secondary N) is 1. The molecular weight excluding hydrogens is 442 g/mol. The number of rotatable bonds is 5. The molecule has 2 saturated heterocycles. The summed E-state index contributed by atoms with van der Waals surface area (Å²) >= 11 is 5.93. The summed E-state index contributed by atoms with van der Waals surface area (Å²) in [6.45, 7) is 3.09. The van der Waals surface area contributed by atoms with Gasteiger partial charge >= 0.3 is 0 Å². The van der Waals surface area contributed by atoms with E-state index in [2.05, 4.69) is 5.32 Å². The molecule has 7 nitrogen and oxygen atoms in total. The molecule has 0 bridgehead atoms. The van der Waals surface area contributed by atoms with Crippen molar-refractivity contribution in [2.75, 3.05) is 39.4 Å². The number of ether oxygens (including phenoxy) is 1. The van der Waals surface area contributed by atoms with Crippen molar-refractivity contribution < 1.29 is 19.1 Å². The van der Waals surface area contributed by atoms with Gasteiger partial charge in [0.15, 0.2) is 0 Å². The largest absolute Gasteiger partial charge is 0.378 e. The molecule has 0 unspecified atom stereocenters. The number of hydrogen-bond acceptors (Lipinski definition) is 4. The molecule has 2 aliphatic rings. The van der Waals surface area contributed by atoms with E-state index in [0.717, 1.165) is 0 Å². The Labute approximate surface area is 198 Å². The minimum atomic E-state index is -0.636. The van der Waals surface area contributed by atoms with E-state index in [0.29, 0.717) is 68.4 Å². The molecule has 33 heavy (non-hydrogen) atoms. The Morgan fingerprint density at radius 2 is 1.48 bits per heavy atom. The van der Waals surface area contributed by atoms with Crippen LogP contribution in [0.3, 0.4) is 0 Å². The SMILES string of the molecule is O=C(N[C@@H](C(=O)N1CCOCC1)C1CCN(C(=O)c2ccc(Cl)cc2)CC1)c1ccccc1. The number of nitrogens with zero attached hydrogens (tertiary/aromatic N) is 2. The molecule has 0 aliphatic carbocycles. The van der Waals surface area contributed by atoms with E-state index in [1.54, 1.807) is 58.3 Å². The average molecular weight is 470 g/mol. The molecule has 4 rings (SSSR count). The van der Waals surface area contributed by atoms with Crippen LogP contribution in [-0.4, -0.2) is 73.0 Å². The fraction of sp³-hybridized carbons (Fsp3) is 0.400. The lowest BCUT2D eigenvalue weighted by atomic mass is 9.87. The number of benzene rings is 2. The van der Waals surface area contributed by atoms with Gasteiger partial charge in [0.25, 0.3) is 11.8 Å². The lowest BCUT2D eigenvalue weighted by molar-refractivity contribution is -0.139. The van der Waals surface area contributed by atoms with Crippen molar-refractivity contribution >= 4 is 29.3 Å². The highest BCUT2D eigenvalue weighted by Crippen LogP contribution is 2.24. The van der Waals surface area contributed by atoms with Crippen LogP contribution in [-0.2, 0) is 9.53 Å². The van der Waals surface area contributed by atoms with Crippen molar-refractivity contribution in [2.45, 2.75) is 18.9 Å². The van der Waals surface area contributed by atoms with Crippen molar-refractivity contribution in [3.8, 4) is 0 Å². The van der Waals surface area contributed by atoms with E-state index in [-0.39, 0.29) is 23.6 Å². The highest BCUT2D eigenvalue weighted by atomic mass is 35.5. The molecule has 0 radical (unpaired) electrons. The molecule has 1 N–H and O–H groups in total. The Morgan fingerprint density at radius 3 is 2.12 bits per heavy atom. The molecule has 2 fully saturated rings. The molecule has 0 saturated carbocycles. The van der Waals surface area contributed by atoms with E-state index < -0.39 is 6.04 Å². The maximum atomic E-state index is 13.4. The second kappa shape index (κ2) is 10.8. The molecule has 2 heterocycles. The summed E-state index contributed by atoms with van der Waals surface area (Å²) in [5, 5.41) is 3.58. The molecule has 2 aliphatic heterocycles. The summed E-state index contributed by atoms with van der Waals surface area (Å²) in [6.07, 6.45) is 1.27. The van der Waals surface area contributed by atoms with E-state index in [4.69, 9.17) is 16.3 Å². The van der Waals surface area contributed by atoms with Crippen LogP contribution in [0.5, 0.6) is 0 Å². The predicted molar refractivity (Wildman–Crippen MR) is 125 cm³/mol. The molecule has 174 valence electrons. The van der Waals surface area contributed by atoms with Gasteiger partial charge in [0.1, 0.15) is 6.04 Å². The Hall–Kier alpha value is -2.90. The second-order valence-electron chi connectivity index (χ2n) is 8.39. The maximum absolute atomic E-state index is 13.4. The highest BCUT2D eigenvalue weighted by molar-refractivity contribution is 6.30. The first-order chi connectivity index (χ1) is 16.0. The number of carbonyl (C=O) groups is 3. The van der Waals surface area contributed by atoms with Crippen LogP contribution in [0, 0.1) is 5.92 Å². The lowest BCUT2D eigenvalue weighted by Gasteiger charge is -2.38. The van der Waals surface area contributed by atoms with Gasteiger partial charge in [0.05, 0.1) is 13.2 Å². The van der Waals surface area contributed by atoms with E-state index >= 15 is 0 Å². The van der Waals surface area contributed by atoms with E-state index in [9.17, 15) is 14.4 Å². The van der Waals surface area contributed by atoms with Gasteiger partial charge < -0.3 is 19.9 Å². The minimum Gasteiger partial charge on any atom is -0.378 e. The van der Waals surface area contributed by atoms with Gasteiger partial charge in [-0.05, 0) is 55.2 Å². The molecule has 1 atom stereocenters. The van der Waals surface area contributed by atoms with Crippen LogP contribution in [0.2, 0.25) is 5.02 Å². The van der Waals surface area contributed by atoms with Gasteiger partial charge in [0.2, 0.25) is 5.91 Å². The maximum Gasteiger partial charge on any atom is 0.253 e. The Morgan fingerprint density at radius 1 is 0.848 bits per heavy atom. The summed E-state index contributed by atoms with van der Waals surface area (Å²) in [7, 11) is 0. The first-order valence-electron chi connectivity index (χ1n) is 11.3. The number of carbonyl (C=O) groups excluding carboxylic acids is 3. The molecule has 2 aromatic carbocycles. The highest BCUT2D eigenvalue weighted by Gasteiger charge is 2.36. The van der Waals surface area contributed by atoms with Crippen LogP contribution >= 0.6 is 11.6 Å². The summed E-state index contributed by atoms with van der Waals surface area (Å²) in [5.41, 5.74) is 1.11. The number of amides is 3. The summed E-state index contributed by atoms with van der Waals surface area (Å²) in [5.74, 6) is -0.441. The standard InChI is InChI=1S/C25H28ClN3O4/c26-21-8-6-20(7-9-21)24(31)28-12-10-18(11-13-28)22(25(32)29-14-16-33-17-15-29)27-23(30)19-4-2-1-3-5-19/h1-9,18,22H,10-17H2,(H,27,30)/t22-/m1/s1. The van der Waals surface area contributed by atoms with Gasteiger partial charge in [-0.15, -0.1) is 0 Å². The monoisotopic (exact) mass is 469 g/mol. The Balaban J connectivity index is 1.45. The molecule has 0 spiro atoms. The zero-order chi connectivity index (χ0) is 23.2. The molecule has 2 aromatic rings. The van der Waals surface area contributed by atoms with Crippen molar-refractivity contribution in [1.29, 1.82) is 0 Å². The zero-order valence-corrected chi connectivity index (χ0v) is 19.2. The van der Waals surface area contributed by atoms with Crippen molar-refractivity contribution in [3.05, 3.63) is 70.7 Å². The second-order valence-corrected chi connectivity index (χ2v) is 8.83. The number of halogens is 1. The third-order valence-electron chi connectivity index (χ3n) is 6.30. The van der Waals surface area contributed by atoms with Crippen LogP contribution in [0.25, 0.3) is 0 Å². The molecule has 0 aromatic heterocycles. The molecule has 8 heteroatoms. The van der Waals surface area contributed by atoms with Crippen molar-refractivity contribution in [1.82, 2.24) is 15.1 Å². The van der Waals surface area contributed by atoms with Gasteiger partial charge in [-0.25, -0.2) is 0 Å². The van der Waals surface area contributed by atoms with Crippen LogP contribution < -0.4 is 5.32 Å². The van der Waals surface area contributed by atoms with Gasteiger partial charge in [-0.1, -0.05) is 29.8 Å². The smallest absolute Gasteiger partial charge is 0.253 e. The first-order valence-corrected chi connectivity index (χ1v) is 11.7. The Kier molecular flexibility index (Phi) is 7.62. The number of morpholine rings is 1. The predicted octanol–water partition coefficient (Wildman–Crippen LogP) is 2.85. The Bertz CT molecular complexity index is 969. The summed E-state index contributed by atoms with van der Waals surface area (Å²) in [6, 6.07) is 15.1. The van der Waals surface area contributed by atoms with Crippen LogP contribution in [0.4, 0.5) is 0 Å². The first kappa shape index (κ1) is 23.3. The quantitative estimate of drug-likeness (QED) is 0.730. The van der Waals surface area contributed by atoms with Crippen LogP contribution in [0.1, 0.15) is 33.6 Å².